The predicted octanol–water partition coefficient (Wildman–Crippen LogP) is 4.83. The maximum absolute atomic E-state index is 6.71. The molecule has 31 heavy (non-hydrogen) atoms. The van der Waals surface area contributed by atoms with Crippen molar-refractivity contribution in [1.29, 1.82) is 0 Å². The van der Waals surface area contributed by atoms with Gasteiger partial charge in [0.05, 0.1) is 19.1 Å². The van der Waals surface area contributed by atoms with Crippen molar-refractivity contribution in [2.75, 3.05) is 7.11 Å². The Kier molecular flexibility index (Phi) is 4.67. The number of methoxy groups -OCH3 is 1. The van der Waals surface area contributed by atoms with E-state index in [9.17, 15) is 0 Å². The first-order valence-corrected chi connectivity index (χ1v) is 10.1. The number of hydrogen-bond donors (Lipinski definition) is 0. The molecule has 0 aliphatic carbocycles. The van der Waals surface area contributed by atoms with E-state index in [0.717, 1.165) is 33.7 Å². The number of rotatable bonds is 4. The standard InChI is InChI=1S/C23H19ClN6O/c1-14-15(7-6-9-19(14)31-3)16-11-30-21(20(16)17-8-4-5-10-25-17)22(24)27-23(28-30)18-12-29(2)13-26-18/h4-13H,1-3H3. The number of nitrogens with zero attached hydrogens (tertiary/aromatic N) is 6. The molecule has 5 rings (SSSR count). The summed E-state index contributed by atoms with van der Waals surface area (Å²) in [4.78, 5) is 13.5. The normalized spacial score (nSPS) is 11.2. The number of benzene rings is 1. The van der Waals surface area contributed by atoms with Crippen LogP contribution in [0, 0.1) is 6.92 Å². The lowest BCUT2D eigenvalue weighted by molar-refractivity contribution is 0.412. The Morgan fingerprint density at radius 3 is 2.55 bits per heavy atom. The van der Waals surface area contributed by atoms with E-state index in [0.29, 0.717) is 22.2 Å². The highest BCUT2D eigenvalue weighted by Crippen LogP contribution is 2.41. The lowest BCUT2D eigenvalue weighted by atomic mass is 9.96. The van der Waals surface area contributed by atoms with Crippen molar-refractivity contribution in [3.63, 3.8) is 0 Å². The fourth-order valence-corrected chi connectivity index (χ4v) is 4.04. The second kappa shape index (κ2) is 7.52. The zero-order chi connectivity index (χ0) is 21.5. The van der Waals surface area contributed by atoms with E-state index < -0.39 is 0 Å². The summed E-state index contributed by atoms with van der Waals surface area (Å²) in [5.41, 5.74) is 5.99. The van der Waals surface area contributed by atoms with Gasteiger partial charge in [-0.05, 0) is 36.2 Å². The molecule has 4 heterocycles. The van der Waals surface area contributed by atoms with Gasteiger partial charge in [-0.2, -0.15) is 0 Å². The number of aryl methyl sites for hydroxylation is 1. The number of imidazole rings is 1. The van der Waals surface area contributed by atoms with Gasteiger partial charge in [0.15, 0.2) is 5.15 Å². The molecule has 8 heteroatoms. The highest BCUT2D eigenvalue weighted by molar-refractivity contribution is 6.33. The molecule has 0 unspecified atom stereocenters. The molecule has 1 aromatic carbocycles. The fourth-order valence-electron chi connectivity index (χ4n) is 3.78. The van der Waals surface area contributed by atoms with Gasteiger partial charge >= 0.3 is 0 Å². The van der Waals surface area contributed by atoms with Gasteiger partial charge in [-0.15, -0.1) is 5.10 Å². The van der Waals surface area contributed by atoms with E-state index in [4.69, 9.17) is 21.4 Å². The van der Waals surface area contributed by atoms with E-state index in [1.54, 1.807) is 24.1 Å². The molecule has 0 saturated heterocycles. The van der Waals surface area contributed by atoms with Crippen LogP contribution in [-0.2, 0) is 7.05 Å². The number of halogens is 1. The van der Waals surface area contributed by atoms with E-state index in [1.807, 2.05) is 61.3 Å². The maximum atomic E-state index is 6.71. The quantitative estimate of drug-likeness (QED) is 0.408. The molecule has 0 atom stereocenters. The minimum Gasteiger partial charge on any atom is -0.496 e. The molecule has 0 fully saturated rings. The molecule has 5 aromatic rings. The van der Waals surface area contributed by atoms with Gasteiger partial charge in [-0.1, -0.05) is 29.8 Å². The van der Waals surface area contributed by atoms with E-state index >= 15 is 0 Å². The van der Waals surface area contributed by atoms with Crippen LogP contribution in [-0.4, -0.2) is 36.2 Å². The van der Waals surface area contributed by atoms with Crippen molar-refractivity contribution in [1.82, 2.24) is 29.1 Å². The molecular weight excluding hydrogens is 412 g/mol. The third-order valence-corrected chi connectivity index (χ3v) is 5.50. The summed E-state index contributed by atoms with van der Waals surface area (Å²) in [7, 11) is 3.57. The third kappa shape index (κ3) is 3.23. The molecule has 0 bridgehead atoms. The molecule has 0 saturated carbocycles. The van der Waals surface area contributed by atoms with Crippen LogP contribution < -0.4 is 4.74 Å². The third-order valence-electron chi connectivity index (χ3n) is 5.24. The molecule has 0 radical (unpaired) electrons. The molecule has 0 spiro atoms. The smallest absolute Gasteiger partial charge is 0.201 e. The molecule has 0 aliphatic rings. The summed E-state index contributed by atoms with van der Waals surface area (Å²) in [6.45, 7) is 2.03. The number of aromatic nitrogens is 6. The Hall–Kier alpha value is -3.71. The summed E-state index contributed by atoms with van der Waals surface area (Å²) >= 11 is 6.71. The summed E-state index contributed by atoms with van der Waals surface area (Å²) < 4.78 is 9.15. The van der Waals surface area contributed by atoms with Gasteiger partial charge in [-0.3, -0.25) is 4.98 Å². The van der Waals surface area contributed by atoms with Crippen molar-refractivity contribution in [3.8, 4) is 39.7 Å². The topological polar surface area (TPSA) is 70.1 Å². The number of fused-ring (bicyclic) bond motifs is 1. The van der Waals surface area contributed by atoms with Gasteiger partial charge in [0.1, 0.15) is 17.0 Å². The predicted molar refractivity (Wildman–Crippen MR) is 120 cm³/mol. The Balaban J connectivity index is 1.83. The molecule has 0 aliphatic heterocycles. The summed E-state index contributed by atoms with van der Waals surface area (Å²) in [5, 5.41) is 5.05. The second-order valence-corrected chi connectivity index (χ2v) is 7.57. The Labute approximate surface area is 183 Å². The molecule has 154 valence electrons. The van der Waals surface area contributed by atoms with Crippen molar-refractivity contribution in [3.05, 3.63) is 72.0 Å². The highest BCUT2D eigenvalue weighted by atomic mass is 35.5. The molecule has 4 aromatic heterocycles. The van der Waals surface area contributed by atoms with Crippen molar-refractivity contribution in [2.45, 2.75) is 6.92 Å². The number of pyridine rings is 1. The van der Waals surface area contributed by atoms with Gasteiger partial charge < -0.3 is 9.30 Å². The molecule has 0 N–H and O–H groups in total. The summed E-state index contributed by atoms with van der Waals surface area (Å²) in [6.07, 6.45) is 7.28. The number of ether oxygens (including phenoxy) is 1. The van der Waals surface area contributed by atoms with Gasteiger partial charge in [0, 0.05) is 36.8 Å². The van der Waals surface area contributed by atoms with Crippen molar-refractivity contribution >= 4 is 17.1 Å². The molecule has 0 amide bonds. The lowest BCUT2D eigenvalue weighted by Crippen LogP contribution is -1.99. The van der Waals surface area contributed by atoms with Crippen LogP contribution in [0.25, 0.3) is 39.4 Å². The summed E-state index contributed by atoms with van der Waals surface area (Å²) in [6, 6.07) is 11.8. The van der Waals surface area contributed by atoms with Crippen LogP contribution in [0.3, 0.4) is 0 Å². The van der Waals surface area contributed by atoms with Crippen LogP contribution >= 0.6 is 11.6 Å². The van der Waals surface area contributed by atoms with Crippen LogP contribution in [0.4, 0.5) is 0 Å². The van der Waals surface area contributed by atoms with Gasteiger partial charge in [-0.25, -0.2) is 14.5 Å². The first-order valence-electron chi connectivity index (χ1n) is 9.69. The first-order chi connectivity index (χ1) is 15.1. The van der Waals surface area contributed by atoms with Gasteiger partial charge in [0.25, 0.3) is 0 Å². The zero-order valence-corrected chi connectivity index (χ0v) is 18.0. The second-order valence-electron chi connectivity index (χ2n) is 7.21. The first kappa shape index (κ1) is 19.3. The van der Waals surface area contributed by atoms with Crippen LogP contribution in [0.2, 0.25) is 5.15 Å². The van der Waals surface area contributed by atoms with Crippen molar-refractivity contribution in [2.24, 2.45) is 7.05 Å². The Morgan fingerprint density at radius 1 is 0.968 bits per heavy atom. The van der Waals surface area contributed by atoms with E-state index in [1.165, 1.54) is 0 Å². The van der Waals surface area contributed by atoms with E-state index in [-0.39, 0.29) is 0 Å². The minimum absolute atomic E-state index is 0.336. The van der Waals surface area contributed by atoms with Crippen molar-refractivity contribution < 1.29 is 4.74 Å². The van der Waals surface area contributed by atoms with Crippen LogP contribution in [0.5, 0.6) is 5.75 Å². The summed E-state index contributed by atoms with van der Waals surface area (Å²) in [5.74, 6) is 1.26. The van der Waals surface area contributed by atoms with Crippen LogP contribution in [0.15, 0.2) is 61.3 Å². The average Bonchev–Trinajstić information content (AvgIpc) is 3.38. The zero-order valence-electron chi connectivity index (χ0n) is 17.2. The minimum atomic E-state index is 0.336. The Bertz CT molecular complexity index is 1410. The fraction of sp³-hybridized carbons (Fsp3) is 0.130. The molecular formula is C23H19ClN6O. The highest BCUT2D eigenvalue weighted by Gasteiger charge is 2.22. The number of hydrogen-bond acceptors (Lipinski definition) is 5. The maximum Gasteiger partial charge on any atom is 0.201 e. The van der Waals surface area contributed by atoms with Gasteiger partial charge in [0.2, 0.25) is 5.82 Å². The average molecular weight is 431 g/mol. The largest absolute Gasteiger partial charge is 0.496 e. The van der Waals surface area contributed by atoms with E-state index in [2.05, 4.69) is 21.0 Å². The monoisotopic (exact) mass is 430 g/mol. The SMILES string of the molecule is COc1cccc(-c2cn3nc(-c4cn(C)cn4)nc(Cl)c3c2-c2ccccn2)c1C. The van der Waals surface area contributed by atoms with Crippen LogP contribution in [0.1, 0.15) is 5.56 Å². The lowest BCUT2D eigenvalue weighted by Gasteiger charge is -2.11. The molecule has 7 nitrogen and oxygen atoms in total. The Morgan fingerprint density at radius 2 is 1.84 bits per heavy atom.